The van der Waals surface area contributed by atoms with Gasteiger partial charge in [-0.3, -0.25) is 10.3 Å². The van der Waals surface area contributed by atoms with Crippen LogP contribution in [0.25, 0.3) is 0 Å². The highest BCUT2D eigenvalue weighted by Crippen LogP contribution is 2.37. The molecule has 0 radical (unpaired) electrons. The number of methoxy groups -OCH3 is 2. The van der Waals surface area contributed by atoms with Crippen molar-refractivity contribution in [2.24, 2.45) is 4.99 Å². The van der Waals surface area contributed by atoms with Crippen LogP contribution < -0.4 is 14.8 Å². The van der Waals surface area contributed by atoms with Gasteiger partial charge in [0.1, 0.15) is 23.4 Å². The summed E-state index contributed by atoms with van der Waals surface area (Å²) in [7, 11) is 3.31. The zero-order chi connectivity index (χ0) is 21.1. The second-order valence-corrected chi connectivity index (χ2v) is 7.99. The van der Waals surface area contributed by atoms with Gasteiger partial charge in [0.25, 0.3) is 0 Å². The number of hydrogen-bond donors (Lipinski definition) is 2. The van der Waals surface area contributed by atoms with Gasteiger partial charge < -0.3 is 14.6 Å². The fourth-order valence-electron chi connectivity index (χ4n) is 3.72. The number of nitrogens with zero attached hydrogens (tertiary/aromatic N) is 1. The third kappa shape index (κ3) is 4.20. The molecule has 0 fully saturated rings. The number of ether oxygens (including phenoxy) is 2. The molecule has 0 spiro atoms. The maximum atomic E-state index is 10.5. The molecule has 4 rings (SSSR count). The predicted molar refractivity (Wildman–Crippen MR) is 122 cm³/mol. The summed E-state index contributed by atoms with van der Waals surface area (Å²) in [5, 5.41) is 14.1. The number of rotatable bonds is 5. The van der Waals surface area contributed by atoms with Crippen molar-refractivity contribution in [3.8, 4) is 17.2 Å². The average molecular weight is 467 g/mol. The molecule has 3 aromatic carbocycles. The molecule has 1 aliphatic rings. The summed E-state index contributed by atoms with van der Waals surface area (Å²) in [5.41, 5.74) is 3.75. The van der Waals surface area contributed by atoms with Crippen LogP contribution >= 0.6 is 15.9 Å². The lowest BCUT2D eigenvalue weighted by atomic mass is 9.93. The minimum Gasteiger partial charge on any atom is -0.508 e. The Balaban J connectivity index is 1.78. The summed E-state index contributed by atoms with van der Waals surface area (Å²) >= 11 is 3.52. The minimum atomic E-state index is -0.310. The van der Waals surface area contributed by atoms with Gasteiger partial charge in [-0.25, -0.2) is 0 Å². The monoisotopic (exact) mass is 466 g/mol. The number of aliphatic imine (C=N–C) groups is 1. The third-order valence-corrected chi connectivity index (χ3v) is 5.76. The Morgan fingerprint density at radius 1 is 0.967 bits per heavy atom. The van der Waals surface area contributed by atoms with Crippen LogP contribution in [0.4, 0.5) is 0 Å². The molecule has 0 bridgehead atoms. The molecule has 1 heterocycles. The first-order valence-corrected chi connectivity index (χ1v) is 10.5. The van der Waals surface area contributed by atoms with E-state index in [-0.39, 0.29) is 18.0 Å². The Bertz CT molecular complexity index is 1070. The van der Waals surface area contributed by atoms with Crippen molar-refractivity contribution in [1.29, 1.82) is 0 Å². The summed E-state index contributed by atoms with van der Waals surface area (Å²) < 4.78 is 11.8. The van der Waals surface area contributed by atoms with E-state index >= 15 is 0 Å². The van der Waals surface area contributed by atoms with E-state index in [1.54, 1.807) is 20.3 Å². The van der Waals surface area contributed by atoms with Crippen LogP contribution in [-0.2, 0) is 0 Å². The highest BCUT2D eigenvalue weighted by Gasteiger charge is 2.29. The Morgan fingerprint density at radius 3 is 2.47 bits per heavy atom. The van der Waals surface area contributed by atoms with Gasteiger partial charge in [0, 0.05) is 33.8 Å². The van der Waals surface area contributed by atoms with Crippen molar-refractivity contribution in [1.82, 2.24) is 5.32 Å². The Labute approximate surface area is 184 Å². The summed E-state index contributed by atoms with van der Waals surface area (Å²) in [6, 6.07) is 21.1. The van der Waals surface area contributed by atoms with Gasteiger partial charge in [0.05, 0.1) is 14.2 Å². The van der Waals surface area contributed by atoms with Crippen molar-refractivity contribution >= 4 is 21.6 Å². The largest absolute Gasteiger partial charge is 0.508 e. The van der Waals surface area contributed by atoms with Gasteiger partial charge >= 0.3 is 0 Å². The summed E-state index contributed by atoms with van der Waals surface area (Å²) in [6.07, 6.45) is 0.331. The quantitative estimate of drug-likeness (QED) is 0.528. The lowest BCUT2D eigenvalue weighted by Gasteiger charge is -2.31. The van der Waals surface area contributed by atoms with Gasteiger partial charge in [-0.2, -0.15) is 0 Å². The molecule has 3 aromatic rings. The maximum Gasteiger partial charge on any atom is 0.129 e. The van der Waals surface area contributed by atoms with E-state index in [1.165, 1.54) is 0 Å². The Kier molecular flexibility index (Phi) is 6.06. The first-order valence-electron chi connectivity index (χ1n) is 9.67. The number of phenols is 1. The smallest absolute Gasteiger partial charge is 0.129 e. The Morgan fingerprint density at radius 2 is 1.73 bits per heavy atom. The zero-order valence-corrected chi connectivity index (χ0v) is 18.4. The fraction of sp³-hybridized carbons (Fsp3) is 0.208. The molecule has 2 N–H and O–H groups in total. The fourth-order valence-corrected chi connectivity index (χ4v) is 4.10. The minimum absolute atomic E-state index is 0.119. The SMILES string of the molecule is COc1ccc(C2=N[C@@H](c3ccccc3OC)N[C@@H](c3cc(Br)ccc3O)C2)cc1. The van der Waals surface area contributed by atoms with E-state index < -0.39 is 0 Å². The second kappa shape index (κ2) is 8.90. The highest BCUT2D eigenvalue weighted by molar-refractivity contribution is 9.10. The number of halogens is 1. The van der Waals surface area contributed by atoms with Crippen LogP contribution in [0.3, 0.4) is 0 Å². The van der Waals surface area contributed by atoms with Crippen molar-refractivity contribution in [2.75, 3.05) is 14.2 Å². The van der Waals surface area contributed by atoms with E-state index in [0.29, 0.717) is 6.42 Å². The van der Waals surface area contributed by atoms with Crippen LogP contribution in [0, 0.1) is 0 Å². The summed E-state index contributed by atoms with van der Waals surface area (Å²) in [4.78, 5) is 5.01. The number of phenolic OH excluding ortho intramolecular Hbond substituents is 1. The maximum absolute atomic E-state index is 10.5. The van der Waals surface area contributed by atoms with Crippen molar-refractivity contribution < 1.29 is 14.6 Å². The van der Waals surface area contributed by atoms with Crippen LogP contribution in [-0.4, -0.2) is 25.0 Å². The lowest BCUT2D eigenvalue weighted by Crippen LogP contribution is -2.33. The molecule has 0 amide bonds. The van der Waals surface area contributed by atoms with E-state index in [4.69, 9.17) is 14.5 Å². The topological polar surface area (TPSA) is 63.1 Å². The lowest BCUT2D eigenvalue weighted by molar-refractivity contribution is 0.381. The molecular weight excluding hydrogens is 444 g/mol. The van der Waals surface area contributed by atoms with E-state index in [0.717, 1.165) is 38.4 Å². The molecular formula is C24H23BrN2O3. The predicted octanol–water partition coefficient (Wildman–Crippen LogP) is 5.39. The van der Waals surface area contributed by atoms with Gasteiger partial charge in [0.15, 0.2) is 0 Å². The molecule has 2 atom stereocenters. The summed E-state index contributed by atoms with van der Waals surface area (Å²) in [6.45, 7) is 0. The average Bonchev–Trinajstić information content (AvgIpc) is 2.80. The molecule has 0 aliphatic carbocycles. The van der Waals surface area contributed by atoms with Crippen LogP contribution in [0.5, 0.6) is 17.2 Å². The van der Waals surface area contributed by atoms with E-state index in [1.807, 2.05) is 60.7 Å². The first-order chi connectivity index (χ1) is 14.6. The zero-order valence-electron chi connectivity index (χ0n) is 16.8. The molecule has 0 aromatic heterocycles. The van der Waals surface area contributed by atoms with E-state index in [2.05, 4.69) is 21.2 Å². The standard InChI is InChI=1S/C24H23BrN2O3/c1-29-17-10-7-15(8-11-17)20-14-21(19-13-16(25)9-12-22(19)28)27-24(26-20)18-5-3-4-6-23(18)30-2/h3-13,21,24,27-28H,14H2,1-2H3/t21-,24-/m1/s1. The molecule has 1 aliphatic heterocycles. The normalized spacial score (nSPS) is 18.6. The van der Waals surface area contributed by atoms with Crippen molar-refractivity contribution in [3.05, 3.63) is 87.9 Å². The van der Waals surface area contributed by atoms with E-state index in [9.17, 15) is 5.11 Å². The van der Waals surface area contributed by atoms with Crippen LogP contribution in [0.15, 0.2) is 76.2 Å². The van der Waals surface area contributed by atoms with Crippen molar-refractivity contribution in [2.45, 2.75) is 18.6 Å². The second-order valence-electron chi connectivity index (χ2n) is 7.08. The number of para-hydroxylation sites is 1. The van der Waals surface area contributed by atoms with Gasteiger partial charge in [-0.15, -0.1) is 0 Å². The molecule has 0 saturated carbocycles. The molecule has 5 nitrogen and oxygen atoms in total. The van der Waals surface area contributed by atoms with Crippen LogP contribution in [0.2, 0.25) is 0 Å². The van der Waals surface area contributed by atoms with Gasteiger partial charge in [0.2, 0.25) is 0 Å². The number of benzene rings is 3. The van der Waals surface area contributed by atoms with Gasteiger partial charge in [-0.05, 0) is 54.1 Å². The summed E-state index contributed by atoms with van der Waals surface area (Å²) in [5.74, 6) is 1.83. The highest BCUT2D eigenvalue weighted by atomic mass is 79.9. The Hall–Kier alpha value is -2.83. The first kappa shape index (κ1) is 20.4. The molecule has 0 saturated heterocycles. The number of hydrogen-bond acceptors (Lipinski definition) is 5. The molecule has 30 heavy (non-hydrogen) atoms. The number of nitrogens with one attached hydrogen (secondary N) is 1. The molecule has 154 valence electrons. The molecule has 6 heteroatoms. The van der Waals surface area contributed by atoms with Gasteiger partial charge in [-0.1, -0.05) is 34.1 Å². The third-order valence-electron chi connectivity index (χ3n) is 5.26. The van der Waals surface area contributed by atoms with Crippen molar-refractivity contribution in [3.63, 3.8) is 0 Å². The molecule has 0 unspecified atom stereocenters. The number of aromatic hydroxyl groups is 1. The van der Waals surface area contributed by atoms with Crippen LogP contribution in [0.1, 0.15) is 35.3 Å².